The number of carbonyl (C=O) groups is 2. The first kappa shape index (κ1) is 14.3. The van der Waals surface area contributed by atoms with Crippen molar-refractivity contribution >= 4 is 24.1 Å². The summed E-state index contributed by atoms with van der Waals surface area (Å²) < 4.78 is 0. The number of Topliss-reactive ketones (excluding diaryl/α,β-unsaturated/α-hetero) is 1. The molecule has 0 aromatic heterocycles. The maximum Gasteiger partial charge on any atom is 0.227 e. The van der Waals surface area contributed by atoms with Gasteiger partial charge in [0.2, 0.25) is 5.91 Å². The molecule has 0 N–H and O–H groups in total. The minimum atomic E-state index is 0. The summed E-state index contributed by atoms with van der Waals surface area (Å²) in [5.74, 6) is 1.56. The van der Waals surface area contributed by atoms with Crippen LogP contribution in [0, 0.1) is 11.8 Å². The van der Waals surface area contributed by atoms with Crippen LogP contribution in [0.5, 0.6) is 0 Å². The van der Waals surface area contributed by atoms with Crippen LogP contribution in [0.15, 0.2) is 0 Å². The van der Waals surface area contributed by atoms with Crippen molar-refractivity contribution in [2.45, 2.75) is 50.6 Å². The van der Waals surface area contributed by atoms with Gasteiger partial charge in [0.15, 0.2) is 0 Å². The third kappa shape index (κ3) is 2.08. The lowest BCUT2D eigenvalue weighted by Gasteiger charge is -2.56. The van der Waals surface area contributed by atoms with Crippen molar-refractivity contribution in [3.8, 4) is 0 Å². The fourth-order valence-electron chi connectivity index (χ4n) is 4.91. The Bertz CT molecular complexity index is 428. The molecule has 1 amide bonds. The summed E-state index contributed by atoms with van der Waals surface area (Å²) in [5.41, 5.74) is 0. The third-order valence-electron chi connectivity index (χ3n) is 5.75. The van der Waals surface area contributed by atoms with Gasteiger partial charge in [-0.1, -0.05) is 0 Å². The SMILES string of the molecule is Cl.O=C1CCC2C3CC(CN2C1)C1CCCCN1C3=O. The molecule has 4 aliphatic rings. The second-order valence-corrected chi connectivity index (χ2v) is 6.77. The van der Waals surface area contributed by atoms with E-state index in [9.17, 15) is 9.59 Å². The number of hydrogen-bond acceptors (Lipinski definition) is 3. The van der Waals surface area contributed by atoms with E-state index in [1.807, 2.05) is 0 Å². The third-order valence-corrected chi connectivity index (χ3v) is 5.75. The van der Waals surface area contributed by atoms with Gasteiger partial charge >= 0.3 is 0 Å². The highest BCUT2D eigenvalue weighted by molar-refractivity contribution is 5.85. The molecular weight excluding hydrogens is 276 g/mol. The van der Waals surface area contributed by atoms with Gasteiger partial charge in [0.25, 0.3) is 0 Å². The Balaban J connectivity index is 0.00000121. The molecule has 0 spiro atoms. The second kappa shape index (κ2) is 5.30. The molecular formula is C15H23ClN2O2. The Morgan fingerprint density at radius 1 is 1.05 bits per heavy atom. The first-order valence-corrected chi connectivity index (χ1v) is 7.80. The van der Waals surface area contributed by atoms with E-state index in [1.54, 1.807) is 0 Å². The second-order valence-electron chi connectivity index (χ2n) is 6.77. The summed E-state index contributed by atoms with van der Waals surface area (Å²) >= 11 is 0. The van der Waals surface area contributed by atoms with Crippen molar-refractivity contribution in [1.29, 1.82) is 0 Å². The number of ketones is 1. The number of hydrogen-bond donors (Lipinski definition) is 0. The van der Waals surface area contributed by atoms with Crippen LogP contribution in [0.2, 0.25) is 0 Å². The van der Waals surface area contributed by atoms with Crippen molar-refractivity contribution in [2.24, 2.45) is 11.8 Å². The summed E-state index contributed by atoms with van der Waals surface area (Å²) in [6, 6.07) is 0.819. The molecule has 0 radical (unpaired) electrons. The largest absolute Gasteiger partial charge is 0.339 e. The van der Waals surface area contributed by atoms with E-state index >= 15 is 0 Å². The van der Waals surface area contributed by atoms with E-state index in [-0.39, 0.29) is 18.3 Å². The van der Waals surface area contributed by atoms with Gasteiger partial charge in [0.05, 0.1) is 12.5 Å². The average molecular weight is 299 g/mol. The Labute approximate surface area is 126 Å². The summed E-state index contributed by atoms with van der Waals surface area (Å²) in [5, 5.41) is 0. The number of rotatable bonds is 0. The molecule has 4 unspecified atom stereocenters. The van der Waals surface area contributed by atoms with Gasteiger partial charge in [-0.2, -0.15) is 0 Å². The molecule has 5 heteroatoms. The van der Waals surface area contributed by atoms with Crippen molar-refractivity contribution in [3.05, 3.63) is 0 Å². The summed E-state index contributed by atoms with van der Waals surface area (Å²) in [6.07, 6.45) is 6.27. The van der Waals surface area contributed by atoms with Crippen LogP contribution in [-0.4, -0.2) is 53.2 Å². The molecule has 0 aromatic rings. The van der Waals surface area contributed by atoms with Crippen molar-refractivity contribution < 1.29 is 9.59 Å². The van der Waals surface area contributed by atoms with Crippen LogP contribution >= 0.6 is 12.4 Å². The van der Waals surface area contributed by atoms with Crippen LogP contribution < -0.4 is 0 Å². The monoisotopic (exact) mass is 298 g/mol. The van der Waals surface area contributed by atoms with Gasteiger partial charge in [0, 0.05) is 31.6 Å². The molecule has 4 heterocycles. The van der Waals surface area contributed by atoms with E-state index in [4.69, 9.17) is 0 Å². The lowest BCUT2D eigenvalue weighted by molar-refractivity contribution is -0.160. The Hall–Kier alpha value is -0.610. The Kier molecular flexibility index (Phi) is 3.80. The maximum absolute atomic E-state index is 12.7. The Morgan fingerprint density at radius 2 is 1.90 bits per heavy atom. The lowest BCUT2D eigenvalue weighted by atomic mass is 9.70. The molecule has 0 aromatic carbocycles. The standard InChI is InChI=1S/C15H22N2O2.ClH/c18-11-4-5-14-12-7-10(8-16(14)9-11)13-3-1-2-6-17(13)15(12)19;/h10,12-14H,1-9H2;1H. The first-order chi connectivity index (χ1) is 9.24. The molecule has 4 fully saturated rings. The van der Waals surface area contributed by atoms with Crippen molar-refractivity contribution in [3.63, 3.8) is 0 Å². The molecule has 4 atom stereocenters. The summed E-state index contributed by atoms with van der Waals surface area (Å²) in [4.78, 5) is 28.9. The highest BCUT2D eigenvalue weighted by Crippen LogP contribution is 2.42. The predicted octanol–water partition coefficient (Wildman–Crippen LogP) is 1.47. The van der Waals surface area contributed by atoms with E-state index < -0.39 is 0 Å². The molecule has 2 bridgehead atoms. The fraction of sp³-hybridized carbons (Fsp3) is 0.867. The molecule has 4 aliphatic heterocycles. The fourth-order valence-corrected chi connectivity index (χ4v) is 4.91. The molecule has 4 rings (SSSR count). The molecule has 0 saturated carbocycles. The van der Waals surface area contributed by atoms with Gasteiger partial charge in [-0.05, 0) is 38.0 Å². The van der Waals surface area contributed by atoms with E-state index in [0.29, 0.717) is 42.7 Å². The van der Waals surface area contributed by atoms with Crippen molar-refractivity contribution in [2.75, 3.05) is 19.6 Å². The predicted molar refractivity (Wildman–Crippen MR) is 77.8 cm³/mol. The number of fused-ring (bicyclic) bond motifs is 6. The first-order valence-electron chi connectivity index (χ1n) is 7.80. The van der Waals surface area contributed by atoms with Gasteiger partial charge in [-0.3, -0.25) is 14.5 Å². The van der Waals surface area contributed by atoms with E-state index in [0.717, 1.165) is 25.9 Å². The van der Waals surface area contributed by atoms with Crippen LogP contribution in [0.25, 0.3) is 0 Å². The lowest BCUT2D eigenvalue weighted by Crippen LogP contribution is -2.66. The highest BCUT2D eigenvalue weighted by Gasteiger charge is 2.51. The normalized spacial score (nSPS) is 40.7. The number of nitrogens with zero attached hydrogens (tertiary/aromatic N) is 2. The number of amides is 1. The zero-order valence-corrected chi connectivity index (χ0v) is 12.6. The highest BCUT2D eigenvalue weighted by atomic mass is 35.5. The quantitative estimate of drug-likeness (QED) is 0.680. The van der Waals surface area contributed by atoms with Crippen LogP contribution in [0.3, 0.4) is 0 Å². The van der Waals surface area contributed by atoms with Crippen LogP contribution in [-0.2, 0) is 9.59 Å². The zero-order valence-electron chi connectivity index (χ0n) is 11.8. The zero-order chi connectivity index (χ0) is 13.0. The molecule has 112 valence electrons. The summed E-state index contributed by atoms with van der Waals surface area (Å²) in [7, 11) is 0. The molecule has 20 heavy (non-hydrogen) atoms. The van der Waals surface area contributed by atoms with Gasteiger partial charge in [-0.15, -0.1) is 12.4 Å². The van der Waals surface area contributed by atoms with Gasteiger partial charge < -0.3 is 4.90 Å². The smallest absolute Gasteiger partial charge is 0.227 e. The average Bonchev–Trinajstić information content (AvgIpc) is 2.44. The van der Waals surface area contributed by atoms with Crippen molar-refractivity contribution in [1.82, 2.24) is 9.80 Å². The van der Waals surface area contributed by atoms with E-state index in [2.05, 4.69) is 9.80 Å². The number of piperidine rings is 4. The molecule has 4 nitrogen and oxygen atoms in total. The molecule has 4 saturated heterocycles. The summed E-state index contributed by atoms with van der Waals surface area (Å²) in [6.45, 7) is 2.61. The van der Waals surface area contributed by atoms with E-state index in [1.165, 1.54) is 19.3 Å². The number of halogens is 1. The minimum Gasteiger partial charge on any atom is -0.339 e. The van der Waals surface area contributed by atoms with Crippen LogP contribution in [0.4, 0.5) is 0 Å². The molecule has 0 aliphatic carbocycles. The van der Waals surface area contributed by atoms with Crippen LogP contribution in [0.1, 0.15) is 38.5 Å². The van der Waals surface area contributed by atoms with Gasteiger partial charge in [-0.25, -0.2) is 0 Å². The topological polar surface area (TPSA) is 40.6 Å². The Morgan fingerprint density at radius 3 is 2.75 bits per heavy atom. The van der Waals surface area contributed by atoms with Gasteiger partial charge in [0.1, 0.15) is 5.78 Å². The maximum atomic E-state index is 12.7. The number of carbonyl (C=O) groups excluding carboxylic acids is 2. The minimum absolute atomic E-state index is 0.